The molecule has 3 nitrogen and oxygen atoms in total. The summed E-state index contributed by atoms with van der Waals surface area (Å²) in [6.45, 7) is 7.29. The topological polar surface area (TPSA) is 40.5 Å². The van der Waals surface area contributed by atoms with Crippen molar-refractivity contribution in [3.63, 3.8) is 0 Å². The Morgan fingerprint density at radius 2 is 1.89 bits per heavy atom. The van der Waals surface area contributed by atoms with E-state index in [0.29, 0.717) is 13.0 Å². The Hall–Kier alpha value is -1.51. The van der Waals surface area contributed by atoms with Crippen molar-refractivity contribution in [3.8, 4) is 0 Å². The highest BCUT2D eigenvalue weighted by Gasteiger charge is 2.34. The highest BCUT2D eigenvalue weighted by Crippen LogP contribution is 2.27. The lowest BCUT2D eigenvalue weighted by Gasteiger charge is -2.33. The first-order valence-corrected chi connectivity index (χ1v) is 6.57. The molecule has 0 saturated heterocycles. The monoisotopic (exact) mass is 249 g/mol. The Morgan fingerprint density at radius 1 is 1.28 bits per heavy atom. The fourth-order valence-electron chi connectivity index (χ4n) is 2.25. The Kier molecular flexibility index (Phi) is 5.20. The number of carboxylic acid groups (broad SMARTS) is 1. The van der Waals surface area contributed by atoms with Crippen LogP contribution in [0.2, 0.25) is 0 Å². The molecule has 1 N–H and O–H groups in total. The van der Waals surface area contributed by atoms with E-state index in [-0.39, 0.29) is 0 Å². The van der Waals surface area contributed by atoms with Crippen LogP contribution in [0.4, 0.5) is 5.69 Å². The van der Waals surface area contributed by atoms with Crippen LogP contribution >= 0.6 is 0 Å². The Balaban J connectivity index is 2.87. The highest BCUT2D eigenvalue weighted by molar-refractivity contribution is 5.75. The summed E-state index contributed by atoms with van der Waals surface area (Å²) >= 11 is 0. The van der Waals surface area contributed by atoms with Gasteiger partial charge in [-0.15, -0.1) is 0 Å². The second-order valence-electron chi connectivity index (χ2n) is 4.97. The maximum Gasteiger partial charge on any atom is 0.311 e. The van der Waals surface area contributed by atoms with Gasteiger partial charge in [0.2, 0.25) is 0 Å². The molecule has 0 fully saturated rings. The zero-order valence-electron chi connectivity index (χ0n) is 11.5. The van der Waals surface area contributed by atoms with Gasteiger partial charge in [-0.1, -0.05) is 31.5 Å². The van der Waals surface area contributed by atoms with E-state index in [2.05, 4.69) is 11.8 Å². The van der Waals surface area contributed by atoms with Crippen LogP contribution in [-0.2, 0) is 4.79 Å². The van der Waals surface area contributed by atoms with Gasteiger partial charge in [-0.3, -0.25) is 4.79 Å². The molecule has 3 heteroatoms. The number of benzene rings is 1. The molecule has 0 radical (unpaired) electrons. The minimum atomic E-state index is -0.710. The van der Waals surface area contributed by atoms with Crippen LogP contribution in [-0.4, -0.2) is 24.2 Å². The molecule has 100 valence electrons. The van der Waals surface area contributed by atoms with E-state index in [9.17, 15) is 9.90 Å². The van der Waals surface area contributed by atoms with Crippen LogP contribution < -0.4 is 4.90 Å². The molecule has 0 aliphatic rings. The van der Waals surface area contributed by atoms with Gasteiger partial charge in [0.05, 0.1) is 5.41 Å². The molecular formula is C15H23NO2. The minimum Gasteiger partial charge on any atom is -0.481 e. The molecule has 0 spiro atoms. The largest absolute Gasteiger partial charge is 0.481 e. The molecule has 1 aromatic rings. The third kappa shape index (κ3) is 3.49. The van der Waals surface area contributed by atoms with E-state index in [0.717, 1.165) is 18.7 Å². The van der Waals surface area contributed by atoms with Gasteiger partial charge in [0.15, 0.2) is 0 Å². The molecule has 0 heterocycles. The quantitative estimate of drug-likeness (QED) is 0.805. The zero-order chi connectivity index (χ0) is 13.6. The Bertz CT molecular complexity index is 377. The van der Waals surface area contributed by atoms with Gasteiger partial charge >= 0.3 is 5.97 Å². The number of carboxylic acids is 1. The molecule has 18 heavy (non-hydrogen) atoms. The average molecular weight is 249 g/mol. The van der Waals surface area contributed by atoms with Crippen molar-refractivity contribution in [1.29, 1.82) is 0 Å². The van der Waals surface area contributed by atoms with Crippen LogP contribution in [0.3, 0.4) is 0 Å². The molecule has 0 aromatic heterocycles. The summed E-state index contributed by atoms with van der Waals surface area (Å²) in [6, 6.07) is 9.99. The Morgan fingerprint density at radius 3 is 2.33 bits per heavy atom. The lowest BCUT2D eigenvalue weighted by atomic mass is 9.85. The number of hydrogen-bond donors (Lipinski definition) is 1. The van der Waals surface area contributed by atoms with Crippen LogP contribution in [0.25, 0.3) is 0 Å². The van der Waals surface area contributed by atoms with Crippen molar-refractivity contribution in [1.82, 2.24) is 0 Å². The van der Waals surface area contributed by atoms with Crippen molar-refractivity contribution < 1.29 is 9.90 Å². The lowest BCUT2D eigenvalue weighted by molar-refractivity contribution is -0.147. The molecule has 0 aliphatic carbocycles. The van der Waals surface area contributed by atoms with E-state index < -0.39 is 11.4 Å². The highest BCUT2D eigenvalue weighted by atomic mass is 16.4. The molecule has 1 unspecified atom stereocenters. The van der Waals surface area contributed by atoms with Crippen LogP contribution in [0, 0.1) is 5.41 Å². The van der Waals surface area contributed by atoms with Crippen molar-refractivity contribution in [2.75, 3.05) is 18.0 Å². The SMILES string of the molecule is CCCC(C)(CN(CC)c1ccccc1)C(=O)O. The van der Waals surface area contributed by atoms with E-state index in [4.69, 9.17) is 0 Å². The summed E-state index contributed by atoms with van der Waals surface area (Å²) in [6.07, 6.45) is 1.58. The third-order valence-corrected chi connectivity index (χ3v) is 3.36. The number of para-hydroxylation sites is 1. The number of aliphatic carboxylic acids is 1. The molecule has 0 aliphatic heterocycles. The van der Waals surface area contributed by atoms with E-state index in [1.165, 1.54) is 0 Å². The number of hydrogen-bond acceptors (Lipinski definition) is 2. The normalized spacial score (nSPS) is 13.9. The first-order chi connectivity index (χ1) is 8.53. The van der Waals surface area contributed by atoms with Crippen molar-refractivity contribution in [2.45, 2.75) is 33.6 Å². The predicted octanol–water partition coefficient (Wildman–Crippen LogP) is 3.40. The van der Waals surface area contributed by atoms with Gasteiger partial charge < -0.3 is 10.0 Å². The minimum absolute atomic E-state index is 0.552. The molecule has 1 atom stereocenters. The summed E-state index contributed by atoms with van der Waals surface area (Å²) in [5.74, 6) is -0.710. The molecule has 0 amide bonds. The number of rotatable bonds is 7. The fraction of sp³-hybridized carbons (Fsp3) is 0.533. The first-order valence-electron chi connectivity index (χ1n) is 6.57. The maximum atomic E-state index is 11.5. The zero-order valence-corrected chi connectivity index (χ0v) is 11.5. The van der Waals surface area contributed by atoms with E-state index in [1.807, 2.05) is 44.2 Å². The van der Waals surface area contributed by atoms with Crippen LogP contribution in [0.15, 0.2) is 30.3 Å². The van der Waals surface area contributed by atoms with Crippen LogP contribution in [0.1, 0.15) is 33.6 Å². The average Bonchev–Trinajstić information content (AvgIpc) is 2.37. The van der Waals surface area contributed by atoms with Gasteiger partial charge in [-0.25, -0.2) is 0 Å². The summed E-state index contributed by atoms with van der Waals surface area (Å²) in [4.78, 5) is 13.6. The van der Waals surface area contributed by atoms with Crippen molar-refractivity contribution in [3.05, 3.63) is 30.3 Å². The predicted molar refractivity (Wildman–Crippen MR) is 75.0 cm³/mol. The van der Waals surface area contributed by atoms with Gasteiger partial charge in [-0.2, -0.15) is 0 Å². The molecule has 1 rings (SSSR count). The summed E-state index contributed by atoms with van der Waals surface area (Å²) in [5, 5.41) is 9.43. The second kappa shape index (κ2) is 6.43. The first kappa shape index (κ1) is 14.6. The Labute approximate surface area is 109 Å². The van der Waals surface area contributed by atoms with Gasteiger partial charge in [0, 0.05) is 18.8 Å². The second-order valence-corrected chi connectivity index (χ2v) is 4.97. The smallest absolute Gasteiger partial charge is 0.311 e. The van der Waals surface area contributed by atoms with Crippen molar-refractivity contribution >= 4 is 11.7 Å². The fourth-order valence-corrected chi connectivity index (χ4v) is 2.25. The third-order valence-electron chi connectivity index (χ3n) is 3.36. The van der Waals surface area contributed by atoms with Crippen LogP contribution in [0.5, 0.6) is 0 Å². The maximum absolute atomic E-state index is 11.5. The van der Waals surface area contributed by atoms with Gasteiger partial charge in [0.1, 0.15) is 0 Å². The number of anilines is 1. The molecular weight excluding hydrogens is 226 g/mol. The summed E-state index contributed by atoms with van der Waals surface area (Å²) < 4.78 is 0. The summed E-state index contributed by atoms with van der Waals surface area (Å²) in [7, 11) is 0. The molecule has 1 aromatic carbocycles. The van der Waals surface area contributed by atoms with Gasteiger partial charge in [0.25, 0.3) is 0 Å². The molecule has 0 saturated carbocycles. The lowest BCUT2D eigenvalue weighted by Crippen LogP contribution is -2.41. The summed E-state index contributed by atoms with van der Waals surface area (Å²) in [5.41, 5.74) is 0.407. The standard InChI is InChI=1S/C15H23NO2/c1-4-11-15(3,14(17)18)12-16(5-2)13-9-7-6-8-10-13/h6-10H,4-5,11-12H2,1-3H3,(H,17,18). The number of nitrogens with zero attached hydrogens (tertiary/aromatic N) is 1. The molecule has 0 bridgehead atoms. The number of carbonyl (C=O) groups is 1. The van der Waals surface area contributed by atoms with E-state index >= 15 is 0 Å². The van der Waals surface area contributed by atoms with Gasteiger partial charge in [-0.05, 0) is 32.4 Å². The van der Waals surface area contributed by atoms with Crippen molar-refractivity contribution in [2.24, 2.45) is 5.41 Å². The van der Waals surface area contributed by atoms with E-state index in [1.54, 1.807) is 0 Å².